The van der Waals surface area contributed by atoms with Crippen LogP contribution in [0.3, 0.4) is 0 Å². The van der Waals surface area contributed by atoms with E-state index >= 15 is 0 Å². The molecule has 3 nitrogen and oxygen atoms in total. The Hall–Kier alpha value is -1.06. The highest BCUT2D eigenvalue weighted by molar-refractivity contribution is 5.55. The maximum absolute atomic E-state index is 9.10. The second-order valence-corrected chi connectivity index (χ2v) is 4.84. The predicted molar refractivity (Wildman–Crippen MR) is 69.3 cm³/mol. The third kappa shape index (κ3) is 2.79. The quantitative estimate of drug-likeness (QED) is 0.866. The van der Waals surface area contributed by atoms with E-state index in [1.807, 2.05) is 6.07 Å². The first-order chi connectivity index (χ1) is 8.24. The van der Waals surface area contributed by atoms with Gasteiger partial charge in [0, 0.05) is 31.8 Å². The first-order valence-electron chi connectivity index (χ1n) is 6.19. The fourth-order valence-electron chi connectivity index (χ4n) is 2.59. The zero-order valence-corrected chi connectivity index (χ0v) is 10.6. The Morgan fingerprint density at radius 1 is 1.47 bits per heavy atom. The summed E-state index contributed by atoms with van der Waals surface area (Å²) in [6, 6.07) is 6.20. The molecule has 0 aliphatic carbocycles. The summed E-state index contributed by atoms with van der Waals surface area (Å²) in [5.41, 5.74) is 3.52. The lowest BCUT2D eigenvalue weighted by molar-refractivity contribution is 0.161. The van der Waals surface area contributed by atoms with Crippen molar-refractivity contribution in [2.45, 2.75) is 20.0 Å². The molecule has 0 bridgehead atoms. The Morgan fingerprint density at radius 3 is 2.94 bits per heavy atom. The van der Waals surface area contributed by atoms with E-state index in [4.69, 9.17) is 9.84 Å². The molecule has 17 heavy (non-hydrogen) atoms. The number of aliphatic hydroxyl groups is 1. The largest absolute Gasteiger partial charge is 0.392 e. The van der Waals surface area contributed by atoms with Crippen molar-refractivity contribution in [3.63, 3.8) is 0 Å². The Bertz CT molecular complexity index is 378. The number of hydrogen-bond donors (Lipinski definition) is 1. The smallest absolute Gasteiger partial charge is 0.0681 e. The average Bonchev–Trinajstić information content (AvgIpc) is 2.78. The lowest BCUT2D eigenvalue weighted by Gasteiger charge is -2.21. The van der Waals surface area contributed by atoms with Crippen LogP contribution < -0.4 is 4.90 Å². The Labute approximate surface area is 103 Å². The summed E-state index contributed by atoms with van der Waals surface area (Å²) in [7, 11) is 1.77. The molecule has 1 atom stereocenters. The van der Waals surface area contributed by atoms with Crippen LogP contribution in [0.1, 0.15) is 17.5 Å². The normalized spacial score (nSPS) is 19.9. The van der Waals surface area contributed by atoms with E-state index in [1.54, 1.807) is 7.11 Å². The van der Waals surface area contributed by atoms with E-state index in [0.29, 0.717) is 5.92 Å². The van der Waals surface area contributed by atoms with Crippen molar-refractivity contribution in [1.82, 2.24) is 0 Å². The van der Waals surface area contributed by atoms with Gasteiger partial charge in [-0.15, -0.1) is 0 Å². The van der Waals surface area contributed by atoms with Gasteiger partial charge in [0.05, 0.1) is 13.2 Å². The van der Waals surface area contributed by atoms with Crippen LogP contribution in [-0.2, 0) is 11.3 Å². The van der Waals surface area contributed by atoms with E-state index in [9.17, 15) is 0 Å². The van der Waals surface area contributed by atoms with Gasteiger partial charge in [-0.25, -0.2) is 0 Å². The van der Waals surface area contributed by atoms with E-state index in [1.165, 1.54) is 17.7 Å². The maximum atomic E-state index is 9.10. The van der Waals surface area contributed by atoms with Gasteiger partial charge < -0.3 is 14.7 Å². The highest BCUT2D eigenvalue weighted by Gasteiger charge is 2.23. The van der Waals surface area contributed by atoms with Gasteiger partial charge in [0.15, 0.2) is 0 Å². The Morgan fingerprint density at radius 2 is 2.29 bits per heavy atom. The van der Waals surface area contributed by atoms with Crippen LogP contribution in [0.5, 0.6) is 0 Å². The molecule has 1 saturated heterocycles. The zero-order valence-electron chi connectivity index (χ0n) is 10.6. The molecule has 94 valence electrons. The molecular formula is C14H21NO2. The van der Waals surface area contributed by atoms with Crippen molar-refractivity contribution in [3.05, 3.63) is 29.3 Å². The number of nitrogens with zero attached hydrogens (tertiary/aromatic N) is 1. The molecule has 1 aliphatic rings. The molecule has 1 unspecified atom stereocenters. The molecule has 1 fully saturated rings. The second-order valence-electron chi connectivity index (χ2n) is 4.84. The van der Waals surface area contributed by atoms with Gasteiger partial charge in [0.25, 0.3) is 0 Å². The molecule has 1 aromatic carbocycles. The first-order valence-corrected chi connectivity index (χ1v) is 6.19. The molecule has 1 N–H and O–H groups in total. The van der Waals surface area contributed by atoms with Crippen molar-refractivity contribution < 1.29 is 9.84 Å². The fraction of sp³-hybridized carbons (Fsp3) is 0.571. The number of ether oxygens (including phenoxy) is 1. The average molecular weight is 235 g/mol. The number of benzene rings is 1. The van der Waals surface area contributed by atoms with Crippen LogP contribution >= 0.6 is 0 Å². The van der Waals surface area contributed by atoms with Gasteiger partial charge in [-0.3, -0.25) is 0 Å². The predicted octanol–water partition coefficient (Wildman–Crippen LogP) is 1.96. The van der Waals surface area contributed by atoms with Crippen molar-refractivity contribution in [2.75, 3.05) is 31.7 Å². The minimum atomic E-state index is 0.118. The van der Waals surface area contributed by atoms with E-state index in [2.05, 4.69) is 24.0 Å². The molecule has 0 radical (unpaired) electrons. The van der Waals surface area contributed by atoms with Gasteiger partial charge in [-0.1, -0.05) is 12.1 Å². The maximum Gasteiger partial charge on any atom is 0.0681 e. The van der Waals surface area contributed by atoms with Crippen LogP contribution in [0.2, 0.25) is 0 Å². The van der Waals surface area contributed by atoms with Gasteiger partial charge in [0.1, 0.15) is 0 Å². The zero-order chi connectivity index (χ0) is 12.3. The summed E-state index contributed by atoms with van der Waals surface area (Å²) in [6.07, 6.45) is 1.20. The number of aryl methyl sites for hydroxylation is 1. The fourth-order valence-corrected chi connectivity index (χ4v) is 2.59. The lowest BCUT2D eigenvalue weighted by Crippen LogP contribution is -2.21. The first kappa shape index (κ1) is 12.4. The van der Waals surface area contributed by atoms with Crippen molar-refractivity contribution in [2.24, 2.45) is 5.92 Å². The molecule has 1 aliphatic heterocycles. The van der Waals surface area contributed by atoms with Crippen LogP contribution in [0, 0.1) is 12.8 Å². The van der Waals surface area contributed by atoms with Crippen molar-refractivity contribution in [1.29, 1.82) is 0 Å². The summed E-state index contributed by atoms with van der Waals surface area (Å²) in [6.45, 7) is 5.26. The summed E-state index contributed by atoms with van der Waals surface area (Å²) < 4.78 is 5.22. The second kappa shape index (κ2) is 5.52. The van der Waals surface area contributed by atoms with Crippen LogP contribution in [0.4, 0.5) is 5.69 Å². The summed E-state index contributed by atoms with van der Waals surface area (Å²) in [5, 5.41) is 9.10. The van der Waals surface area contributed by atoms with Gasteiger partial charge >= 0.3 is 0 Å². The molecule has 0 spiro atoms. The van der Waals surface area contributed by atoms with E-state index in [0.717, 1.165) is 25.3 Å². The van der Waals surface area contributed by atoms with Crippen molar-refractivity contribution >= 4 is 5.69 Å². The van der Waals surface area contributed by atoms with Crippen LogP contribution in [0.15, 0.2) is 18.2 Å². The summed E-state index contributed by atoms with van der Waals surface area (Å²) >= 11 is 0. The number of rotatable bonds is 4. The van der Waals surface area contributed by atoms with E-state index < -0.39 is 0 Å². The molecule has 0 aromatic heterocycles. The third-order valence-electron chi connectivity index (χ3n) is 3.47. The lowest BCUT2D eigenvalue weighted by atomic mass is 10.1. The molecule has 1 heterocycles. The molecule has 0 saturated carbocycles. The number of hydrogen-bond acceptors (Lipinski definition) is 3. The summed E-state index contributed by atoms with van der Waals surface area (Å²) in [4.78, 5) is 2.42. The van der Waals surface area contributed by atoms with E-state index in [-0.39, 0.29) is 6.61 Å². The van der Waals surface area contributed by atoms with Gasteiger partial charge in [-0.05, 0) is 30.5 Å². The SMILES string of the molecule is COCC1CCN(c2ccc(CO)cc2C)C1. The summed E-state index contributed by atoms with van der Waals surface area (Å²) in [5.74, 6) is 0.650. The minimum Gasteiger partial charge on any atom is -0.392 e. The molecule has 3 heteroatoms. The van der Waals surface area contributed by atoms with Crippen LogP contribution in [-0.4, -0.2) is 31.9 Å². The number of methoxy groups -OCH3 is 1. The minimum absolute atomic E-state index is 0.118. The highest BCUT2D eigenvalue weighted by Crippen LogP contribution is 2.27. The monoisotopic (exact) mass is 235 g/mol. The Kier molecular flexibility index (Phi) is 4.02. The standard InChI is InChI=1S/C14H21NO2/c1-11-7-12(9-16)3-4-14(11)15-6-5-13(8-15)10-17-2/h3-4,7,13,16H,5-6,8-10H2,1-2H3. The Balaban J connectivity index is 2.08. The molecular weight excluding hydrogens is 214 g/mol. The van der Waals surface area contributed by atoms with Gasteiger partial charge in [-0.2, -0.15) is 0 Å². The van der Waals surface area contributed by atoms with Crippen molar-refractivity contribution in [3.8, 4) is 0 Å². The topological polar surface area (TPSA) is 32.7 Å². The molecule has 2 rings (SSSR count). The van der Waals surface area contributed by atoms with Crippen LogP contribution in [0.25, 0.3) is 0 Å². The van der Waals surface area contributed by atoms with Gasteiger partial charge in [0.2, 0.25) is 0 Å². The number of aliphatic hydroxyl groups excluding tert-OH is 1. The number of anilines is 1. The highest BCUT2D eigenvalue weighted by atomic mass is 16.5. The molecule has 0 amide bonds. The molecule has 1 aromatic rings. The third-order valence-corrected chi connectivity index (χ3v) is 3.47.